The van der Waals surface area contributed by atoms with Crippen molar-refractivity contribution in [1.29, 1.82) is 5.26 Å². The Bertz CT molecular complexity index is 1060. The number of sulfonamides is 1. The van der Waals surface area contributed by atoms with E-state index in [-0.39, 0.29) is 37.5 Å². The number of nitrogens with zero attached hydrogens (tertiary/aromatic N) is 4. The quantitative estimate of drug-likeness (QED) is 0.540. The fraction of sp³-hybridized carbons (Fsp3) is 0.652. The van der Waals surface area contributed by atoms with Gasteiger partial charge in [-0.05, 0) is 57.7 Å². The Morgan fingerprint density at radius 3 is 2.26 bits per heavy atom. The van der Waals surface area contributed by atoms with Crippen molar-refractivity contribution in [2.75, 3.05) is 32.7 Å². The zero-order chi connectivity index (χ0) is 26.0. The third-order valence-electron chi connectivity index (χ3n) is 6.81. The molecule has 1 aromatic carbocycles. The summed E-state index contributed by atoms with van der Waals surface area (Å²) in [4.78, 5) is 16.5. The van der Waals surface area contributed by atoms with Crippen LogP contribution in [-0.2, 0) is 14.8 Å². The summed E-state index contributed by atoms with van der Waals surface area (Å²) in [5, 5.41) is 9.00. The van der Waals surface area contributed by atoms with Crippen LogP contribution in [0.15, 0.2) is 23.1 Å². The van der Waals surface area contributed by atoms with Gasteiger partial charge in [-0.1, -0.05) is 0 Å². The van der Waals surface area contributed by atoms with Gasteiger partial charge in [0.1, 0.15) is 18.4 Å². The lowest BCUT2D eigenvalue weighted by molar-refractivity contribution is -0.144. The Balaban J connectivity index is 1.73. The lowest BCUT2D eigenvalue weighted by Crippen LogP contribution is -2.53. The molecule has 0 atom stereocenters. The predicted molar refractivity (Wildman–Crippen MR) is 120 cm³/mol. The van der Waals surface area contributed by atoms with Crippen molar-refractivity contribution >= 4 is 15.9 Å². The minimum atomic E-state index is -4.80. The number of nitriles is 1. The summed E-state index contributed by atoms with van der Waals surface area (Å²) < 4.78 is 80.5. The average Bonchev–Trinajstić information content (AvgIpc) is 2.82. The molecule has 1 aliphatic carbocycles. The van der Waals surface area contributed by atoms with Crippen LogP contribution in [0.4, 0.5) is 17.6 Å². The van der Waals surface area contributed by atoms with E-state index in [2.05, 4.69) is 18.7 Å². The molecule has 2 aliphatic rings. The maximum Gasteiger partial charge on any atom is 0.402 e. The first kappa shape index (κ1) is 27.4. The molecule has 1 saturated heterocycles. The Hall–Kier alpha value is -2.23. The van der Waals surface area contributed by atoms with Gasteiger partial charge < -0.3 is 4.90 Å². The number of amides is 1. The van der Waals surface area contributed by atoms with E-state index in [0.717, 1.165) is 31.3 Å². The highest BCUT2D eigenvalue weighted by atomic mass is 32.2. The first-order valence-electron chi connectivity index (χ1n) is 11.6. The van der Waals surface area contributed by atoms with E-state index in [0.29, 0.717) is 23.4 Å². The van der Waals surface area contributed by atoms with Gasteiger partial charge >= 0.3 is 6.18 Å². The highest BCUT2D eigenvalue weighted by Crippen LogP contribution is 2.34. The van der Waals surface area contributed by atoms with Gasteiger partial charge in [0, 0.05) is 44.2 Å². The number of hydrogen-bond acceptors (Lipinski definition) is 5. The molecule has 0 unspecified atom stereocenters. The standard InChI is InChI=1S/C23H30F4N4O3S/c1-16(2)29-9-11-30(12-10-29)22(32)17-3-5-19(6-4-17)31(15-23(25,26)27)35(33,34)20-7-8-21(24)18(13-20)14-28/h7-8,13,16-17,19H,3-6,9-12,15H2,1-2H3. The molecule has 1 aromatic rings. The predicted octanol–water partition coefficient (Wildman–Crippen LogP) is 3.36. The van der Waals surface area contributed by atoms with Crippen molar-refractivity contribution in [3.8, 4) is 6.07 Å². The highest BCUT2D eigenvalue weighted by molar-refractivity contribution is 7.89. The van der Waals surface area contributed by atoms with Crippen LogP contribution in [0, 0.1) is 23.1 Å². The molecule has 0 N–H and O–H groups in total. The fourth-order valence-electron chi connectivity index (χ4n) is 4.80. The van der Waals surface area contributed by atoms with Crippen molar-refractivity contribution in [1.82, 2.24) is 14.1 Å². The van der Waals surface area contributed by atoms with Gasteiger partial charge in [-0.2, -0.15) is 22.7 Å². The Morgan fingerprint density at radius 1 is 1.14 bits per heavy atom. The molecule has 1 saturated carbocycles. The molecule has 0 aromatic heterocycles. The maximum atomic E-state index is 13.7. The topological polar surface area (TPSA) is 84.7 Å². The normalized spacial score (nSPS) is 22.4. The van der Waals surface area contributed by atoms with Crippen LogP contribution in [0.25, 0.3) is 0 Å². The SMILES string of the molecule is CC(C)N1CCN(C(=O)C2CCC(N(CC(F)(F)F)S(=O)(=O)c3ccc(F)c(C#N)c3)CC2)CC1. The first-order valence-corrected chi connectivity index (χ1v) is 13.1. The van der Waals surface area contributed by atoms with Crippen LogP contribution in [0.1, 0.15) is 45.1 Å². The molecule has 1 aliphatic heterocycles. The summed E-state index contributed by atoms with van der Waals surface area (Å²) in [7, 11) is -4.66. The van der Waals surface area contributed by atoms with E-state index < -0.39 is 45.1 Å². The number of benzene rings is 1. The van der Waals surface area contributed by atoms with Gasteiger partial charge in [0.25, 0.3) is 0 Å². The van der Waals surface area contributed by atoms with Crippen molar-refractivity contribution < 1.29 is 30.8 Å². The van der Waals surface area contributed by atoms with Gasteiger partial charge in [-0.25, -0.2) is 12.8 Å². The summed E-state index contributed by atoms with van der Waals surface area (Å²) in [6.45, 7) is 5.19. The summed E-state index contributed by atoms with van der Waals surface area (Å²) in [5.74, 6) is -1.35. The molecule has 0 radical (unpaired) electrons. The van der Waals surface area contributed by atoms with Crippen molar-refractivity contribution in [2.24, 2.45) is 5.92 Å². The minimum absolute atomic E-state index is 0.0331. The number of carbonyl (C=O) groups is 1. The van der Waals surface area contributed by atoms with Crippen LogP contribution in [0.2, 0.25) is 0 Å². The zero-order valence-corrected chi connectivity index (χ0v) is 20.6. The monoisotopic (exact) mass is 518 g/mol. The van der Waals surface area contributed by atoms with Gasteiger partial charge in [0.05, 0.1) is 10.5 Å². The second kappa shape index (κ2) is 10.8. The number of alkyl halides is 3. The molecule has 35 heavy (non-hydrogen) atoms. The van der Waals surface area contributed by atoms with Crippen molar-refractivity contribution in [3.05, 3.63) is 29.6 Å². The van der Waals surface area contributed by atoms with E-state index in [4.69, 9.17) is 5.26 Å². The van der Waals surface area contributed by atoms with Crippen molar-refractivity contribution in [2.45, 2.75) is 62.7 Å². The second-order valence-corrected chi connectivity index (χ2v) is 11.3. The fourth-order valence-corrected chi connectivity index (χ4v) is 6.50. The molecule has 7 nitrogen and oxygen atoms in total. The summed E-state index contributed by atoms with van der Waals surface area (Å²) in [6.07, 6.45) is -4.03. The molecule has 12 heteroatoms. The number of piperazine rings is 1. The Morgan fingerprint density at radius 2 is 1.74 bits per heavy atom. The summed E-state index contributed by atoms with van der Waals surface area (Å²) in [6, 6.07) is 3.30. The lowest BCUT2D eigenvalue weighted by atomic mass is 9.85. The minimum Gasteiger partial charge on any atom is -0.340 e. The van der Waals surface area contributed by atoms with E-state index in [9.17, 15) is 30.8 Å². The smallest absolute Gasteiger partial charge is 0.340 e. The van der Waals surface area contributed by atoms with Gasteiger partial charge in [0.15, 0.2) is 0 Å². The second-order valence-electron chi connectivity index (χ2n) is 9.38. The lowest BCUT2D eigenvalue weighted by Gasteiger charge is -2.40. The third-order valence-corrected chi connectivity index (χ3v) is 8.70. The zero-order valence-electron chi connectivity index (χ0n) is 19.8. The molecule has 1 heterocycles. The maximum absolute atomic E-state index is 13.7. The molecule has 2 fully saturated rings. The van der Waals surface area contributed by atoms with E-state index in [1.165, 1.54) is 6.07 Å². The van der Waals surface area contributed by atoms with Gasteiger partial charge in [0.2, 0.25) is 15.9 Å². The van der Waals surface area contributed by atoms with Crippen LogP contribution < -0.4 is 0 Å². The number of carbonyl (C=O) groups excluding carboxylic acids is 1. The average molecular weight is 519 g/mol. The Labute approximate surface area is 203 Å². The van der Waals surface area contributed by atoms with Crippen LogP contribution in [0.3, 0.4) is 0 Å². The van der Waals surface area contributed by atoms with Gasteiger partial charge in [-0.15, -0.1) is 0 Å². The molecule has 0 bridgehead atoms. The van der Waals surface area contributed by atoms with Crippen LogP contribution in [0.5, 0.6) is 0 Å². The number of hydrogen-bond donors (Lipinski definition) is 0. The molecular formula is C23H30F4N4O3S. The third kappa shape index (κ3) is 6.51. The first-order chi connectivity index (χ1) is 16.3. The number of rotatable bonds is 6. The molecule has 194 valence electrons. The summed E-state index contributed by atoms with van der Waals surface area (Å²) >= 11 is 0. The number of halogens is 4. The van der Waals surface area contributed by atoms with Crippen molar-refractivity contribution in [3.63, 3.8) is 0 Å². The van der Waals surface area contributed by atoms with Crippen LogP contribution in [-0.4, -0.2) is 79.4 Å². The molecule has 1 amide bonds. The molecule has 3 rings (SSSR count). The molecular weight excluding hydrogens is 488 g/mol. The molecule has 0 spiro atoms. The van der Waals surface area contributed by atoms with Gasteiger partial charge in [-0.3, -0.25) is 9.69 Å². The highest BCUT2D eigenvalue weighted by Gasteiger charge is 2.43. The van der Waals surface area contributed by atoms with E-state index >= 15 is 0 Å². The largest absolute Gasteiger partial charge is 0.402 e. The Kier molecular flexibility index (Phi) is 8.44. The van der Waals surface area contributed by atoms with E-state index in [1.54, 1.807) is 4.90 Å². The summed E-state index contributed by atoms with van der Waals surface area (Å²) in [5.41, 5.74) is -0.565. The van der Waals surface area contributed by atoms with Crippen LogP contribution >= 0.6 is 0 Å². The van der Waals surface area contributed by atoms with E-state index in [1.807, 2.05) is 0 Å².